The van der Waals surface area contributed by atoms with Gasteiger partial charge in [0.1, 0.15) is 0 Å². The van der Waals surface area contributed by atoms with Gasteiger partial charge in [-0.2, -0.15) is 0 Å². The van der Waals surface area contributed by atoms with Crippen LogP contribution in [0.25, 0.3) is 0 Å². The fraction of sp³-hybridized carbons (Fsp3) is 1.00. The molecule has 0 saturated carbocycles. The highest BCUT2D eigenvalue weighted by molar-refractivity contribution is 4.70. The van der Waals surface area contributed by atoms with E-state index in [-0.39, 0.29) is 46.2 Å². The molecule has 14 heteroatoms. The van der Waals surface area contributed by atoms with Crippen LogP contribution < -0.4 is 11.5 Å². The number of hydrogen-bond acceptors (Lipinski definition) is 14. The van der Waals surface area contributed by atoms with Crippen molar-refractivity contribution in [3.05, 3.63) is 0 Å². The third kappa shape index (κ3) is 33.7. The standard InChI is InChI=1S/C22H51N5O7.C11H26N2/c28-16-9-23(1-3-24(10-17-29)5-7-26(12-19-31)13-20-32)2-4-25(11-18-30)6-8-27(14-21-33)15-22-34;12-10-8-6-4-2-1-3-5-7-9-11-13/h28-34H,1-22H2;1-13H2. The number of rotatable bonds is 36. The zero-order valence-electron chi connectivity index (χ0n) is 29.9. The molecule has 0 fully saturated rings. The molecule has 286 valence electrons. The molecule has 0 bridgehead atoms. The summed E-state index contributed by atoms with van der Waals surface area (Å²) in [6.45, 7) is 11.2. The van der Waals surface area contributed by atoms with E-state index in [2.05, 4.69) is 14.7 Å². The van der Waals surface area contributed by atoms with Crippen LogP contribution in [0.1, 0.15) is 57.8 Å². The number of nitrogens with zero attached hydrogens (tertiary/aromatic N) is 5. The molecule has 0 unspecified atom stereocenters. The zero-order chi connectivity index (χ0) is 35.2. The SMILES string of the molecule is NCCCCCCCCCCCN.OCCN(CCO)CCN(CCO)CCN(CCO)CCN(CCO)CCN(CCO)CCO. The van der Waals surface area contributed by atoms with Crippen LogP contribution in [0, 0.1) is 0 Å². The minimum atomic E-state index is 0.0341. The van der Waals surface area contributed by atoms with Crippen LogP contribution in [0.15, 0.2) is 0 Å². The van der Waals surface area contributed by atoms with Crippen LogP contribution in [0.5, 0.6) is 0 Å². The Morgan fingerprint density at radius 2 is 0.383 bits per heavy atom. The van der Waals surface area contributed by atoms with Gasteiger partial charge in [0.25, 0.3) is 0 Å². The molecule has 11 N–H and O–H groups in total. The third-order valence-corrected chi connectivity index (χ3v) is 8.25. The highest BCUT2D eigenvalue weighted by atomic mass is 16.3. The largest absolute Gasteiger partial charge is 0.395 e. The van der Waals surface area contributed by atoms with Gasteiger partial charge >= 0.3 is 0 Å². The first kappa shape index (κ1) is 48.6. The zero-order valence-corrected chi connectivity index (χ0v) is 29.9. The van der Waals surface area contributed by atoms with E-state index in [0.29, 0.717) is 98.2 Å². The molecule has 0 rings (SSSR count). The Balaban J connectivity index is 0. The summed E-state index contributed by atoms with van der Waals surface area (Å²) in [5.41, 5.74) is 10.8. The Bertz CT molecular complexity index is 535. The minimum absolute atomic E-state index is 0.0341. The molecule has 0 aliphatic carbocycles. The molecule has 0 amide bonds. The van der Waals surface area contributed by atoms with Crippen LogP contribution in [-0.4, -0.2) is 218 Å². The van der Waals surface area contributed by atoms with E-state index in [4.69, 9.17) is 11.5 Å². The van der Waals surface area contributed by atoms with Gasteiger partial charge in [0.2, 0.25) is 0 Å². The Hall–Kier alpha value is -0.560. The van der Waals surface area contributed by atoms with Crippen molar-refractivity contribution in [2.45, 2.75) is 57.8 Å². The molecule has 0 saturated heterocycles. The molecule has 14 nitrogen and oxygen atoms in total. The topological polar surface area (TPSA) is 210 Å². The maximum atomic E-state index is 9.51. The van der Waals surface area contributed by atoms with E-state index in [1.54, 1.807) is 0 Å². The van der Waals surface area contributed by atoms with Crippen molar-refractivity contribution in [2.24, 2.45) is 11.5 Å². The van der Waals surface area contributed by atoms with Gasteiger partial charge in [0.05, 0.1) is 46.2 Å². The molecule has 0 aromatic heterocycles. The summed E-state index contributed by atoms with van der Waals surface area (Å²) < 4.78 is 0. The van der Waals surface area contributed by atoms with Gasteiger partial charge < -0.3 is 47.2 Å². The number of unbranched alkanes of at least 4 members (excludes halogenated alkanes) is 8. The molecule has 0 spiro atoms. The van der Waals surface area contributed by atoms with Crippen molar-refractivity contribution >= 4 is 0 Å². The van der Waals surface area contributed by atoms with Gasteiger partial charge in [-0.3, -0.25) is 24.5 Å². The lowest BCUT2D eigenvalue weighted by Gasteiger charge is -2.31. The Kier molecular flexibility index (Phi) is 41.2. The van der Waals surface area contributed by atoms with Gasteiger partial charge in [-0.15, -0.1) is 0 Å². The van der Waals surface area contributed by atoms with E-state index >= 15 is 0 Å². The fourth-order valence-electron chi connectivity index (χ4n) is 5.32. The molecule has 0 aliphatic heterocycles. The van der Waals surface area contributed by atoms with Crippen molar-refractivity contribution in [3.63, 3.8) is 0 Å². The molecule has 0 aromatic carbocycles. The van der Waals surface area contributed by atoms with Crippen molar-refractivity contribution < 1.29 is 35.7 Å². The van der Waals surface area contributed by atoms with Crippen LogP contribution in [-0.2, 0) is 0 Å². The predicted molar refractivity (Wildman–Crippen MR) is 191 cm³/mol. The first-order valence-corrected chi connectivity index (χ1v) is 18.3. The smallest absolute Gasteiger partial charge is 0.0558 e. The highest BCUT2D eigenvalue weighted by Gasteiger charge is 2.14. The first-order valence-electron chi connectivity index (χ1n) is 18.3. The summed E-state index contributed by atoms with van der Waals surface area (Å²) in [6.07, 6.45) is 12.0. The van der Waals surface area contributed by atoms with Gasteiger partial charge in [-0.25, -0.2) is 0 Å². The predicted octanol–water partition coefficient (Wildman–Crippen LogP) is -2.14. The fourth-order valence-corrected chi connectivity index (χ4v) is 5.32. The quantitative estimate of drug-likeness (QED) is 0.0323. The van der Waals surface area contributed by atoms with Gasteiger partial charge in [0.15, 0.2) is 0 Å². The van der Waals surface area contributed by atoms with E-state index < -0.39 is 0 Å². The maximum Gasteiger partial charge on any atom is 0.0558 e. The lowest BCUT2D eigenvalue weighted by atomic mass is 10.1. The van der Waals surface area contributed by atoms with Crippen LogP contribution >= 0.6 is 0 Å². The lowest BCUT2D eigenvalue weighted by Crippen LogP contribution is -2.45. The van der Waals surface area contributed by atoms with Crippen molar-refractivity contribution in [1.82, 2.24) is 24.5 Å². The van der Waals surface area contributed by atoms with E-state index in [1.807, 2.05) is 9.80 Å². The first-order chi connectivity index (χ1) is 23.0. The molecule has 0 heterocycles. The minimum Gasteiger partial charge on any atom is -0.395 e. The van der Waals surface area contributed by atoms with Gasteiger partial charge in [0, 0.05) is 98.2 Å². The Labute approximate surface area is 286 Å². The summed E-state index contributed by atoms with van der Waals surface area (Å²) >= 11 is 0. The van der Waals surface area contributed by atoms with Gasteiger partial charge in [-0.1, -0.05) is 44.9 Å². The number of aliphatic hydroxyl groups excluding tert-OH is 7. The van der Waals surface area contributed by atoms with Crippen molar-refractivity contribution in [3.8, 4) is 0 Å². The summed E-state index contributed by atoms with van der Waals surface area (Å²) in [5.74, 6) is 0. The molecule has 0 aromatic rings. The lowest BCUT2D eigenvalue weighted by molar-refractivity contribution is 0.107. The normalized spacial score (nSPS) is 11.9. The van der Waals surface area contributed by atoms with Crippen molar-refractivity contribution in [1.29, 1.82) is 0 Å². The van der Waals surface area contributed by atoms with Crippen molar-refractivity contribution in [2.75, 3.05) is 158 Å². The second kappa shape index (κ2) is 39.9. The molecule has 0 radical (unpaired) electrons. The molecular formula is C33H77N7O7. The maximum absolute atomic E-state index is 9.51. The highest BCUT2D eigenvalue weighted by Crippen LogP contribution is 2.09. The van der Waals surface area contributed by atoms with E-state index in [9.17, 15) is 35.7 Å². The molecule has 0 aliphatic rings. The summed E-state index contributed by atoms with van der Waals surface area (Å²) in [5, 5.41) is 65.1. The van der Waals surface area contributed by atoms with Crippen LogP contribution in [0.2, 0.25) is 0 Å². The summed E-state index contributed by atoms with van der Waals surface area (Å²) in [7, 11) is 0. The summed E-state index contributed by atoms with van der Waals surface area (Å²) in [4.78, 5) is 10.4. The Morgan fingerprint density at radius 1 is 0.234 bits per heavy atom. The van der Waals surface area contributed by atoms with Crippen LogP contribution in [0.4, 0.5) is 0 Å². The number of aliphatic hydroxyl groups is 7. The molecule has 47 heavy (non-hydrogen) atoms. The second-order valence-corrected chi connectivity index (χ2v) is 12.0. The third-order valence-electron chi connectivity index (χ3n) is 8.25. The monoisotopic (exact) mass is 684 g/mol. The van der Waals surface area contributed by atoms with Crippen LogP contribution in [0.3, 0.4) is 0 Å². The number of nitrogens with two attached hydrogens (primary N) is 2. The summed E-state index contributed by atoms with van der Waals surface area (Å²) in [6, 6.07) is 0. The van der Waals surface area contributed by atoms with E-state index in [0.717, 1.165) is 13.1 Å². The number of hydrogen-bond donors (Lipinski definition) is 9. The average molecular weight is 684 g/mol. The Morgan fingerprint density at radius 3 is 0.532 bits per heavy atom. The second-order valence-electron chi connectivity index (χ2n) is 12.0. The van der Waals surface area contributed by atoms with E-state index in [1.165, 1.54) is 57.8 Å². The molecule has 0 atom stereocenters. The average Bonchev–Trinajstić information content (AvgIpc) is 3.06. The van der Waals surface area contributed by atoms with Gasteiger partial charge in [-0.05, 0) is 25.9 Å². The molecular weight excluding hydrogens is 606 g/mol.